The first-order valence-corrected chi connectivity index (χ1v) is 10.4. The number of fused-ring (bicyclic) bond motifs is 1. The Morgan fingerprint density at radius 2 is 2.03 bits per heavy atom. The van der Waals surface area contributed by atoms with E-state index in [-0.39, 0.29) is 29.6 Å². The highest BCUT2D eigenvalue weighted by atomic mass is 19.1. The molecule has 4 heterocycles. The van der Waals surface area contributed by atoms with Crippen molar-refractivity contribution in [3.05, 3.63) is 65.5 Å². The molecule has 1 aliphatic heterocycles. The van der Waals surface area contributed by atoms with Gasteiger partial charge < -0.3 is 19.8 Å². The Kier molecular flexibility index (Phi) is 4.89. The quantitative estimate of drug-likeness (QED) is 0.486. The molecule has 2 N–H and O–H groups in total. The van der Waals surface area contributed by atoms with Crippen molar-refractivity contribution in [3.63, 3.8) is 0 Å². The molecule has 3 aromatic heterocycles. The van der Waals surface area contributed by atoms with Crippen LogP contribution in [0, 0.1) is 18.6 Å². The number of aromatic nitrogens is 3. The molecular formula is C23H21F2N5O3. The molecule has 0 aliphatic carbocycles. The van der Waals surface area contributed by atoms with Gasteiger partial charge in [0.05, 0.1) is 27.9 Å². The van der Waals surface area contributed by atoms with Crippen molar-refractivity contribution in [1.29, 1.82) is 0 Å². The van der Waals surface area contributed by atoms with E-state index in [2.05, 4.69) is 15.6 Å². The smallest absolute Gasteiger partial charge is 0.255 e. The lowest BCUT2D eigenvalue weighted by atomic mass is 10.1. The molecule has 10 heteroatoms. The first kappa shape index (κ1) is 21.1. The third-order valence-corrected chi connectivity index (χ3v) is 5.88. The molecule has 170 valence electrons. The van der Waals surface area contributed by atoms with Gasteiger partial charge >= 0.3 is 0 Å². The van der Waals surface area contributed by atoms with Gasteiger partial charge in [-0.05, 0) is 44.0 Å². The fourth-order valence-electron chi connectivity index (χ4n) is 4.19. The number of hydrogen-bond acceptors (Lipinski definition) is 6. The summed E-state index contributed by atoms with van der Waals surface area (Å²) in [6, 6.07) is 6.67. The highest BCUT2D eigenvalue weighted by molar-refractivity contribution is 5.99. The molecule has 1 amide bonds. The molecule has 0 radical (unpaired) electrons. The maximum Gasteiger partial charge on any atom is 0.255 e. The second-order valence-electron chi connectivity index (χ2n) is 8.48. The van der Waals surface area contributed by atoms with E-state index >= 15 is 0 Å². The Labute approximate surface area is 187 Å². The van der Waals surface area contributed by atoms with Crippen LogP contribution in [0.5, 0.6) is 0 Å². The molecule has 1 atom stereocenters. The molecule has 0 bridgehead atoms. The predicted octanol–water partition coefficient (Wildman–Crippen LogP) is 3.92. The maximum atomic E-state index is 14.1. The van der Waals surface area contributed by atoms with Gasteiger partial charge in [-0.3, -0.25) is 4.79 Å². The monoisotopic (exact) mass is 453 g/mol. The zero-order valence-electron chi connectivity index (χ0n) is 18.0. The van der Waals surface area contributed by atoms with E-state index in [4.69, 9.17) is 4.52 Å². The summed E-state index contributed by atoms with van der Waals surface area (Å²) in [6.07, 6.45) is 3.72. The number of carbonyl (C=O) groups is 1. The Morgan fingerprint density at radius 3 is 2.73 bits per heavy atom. The highest BCUT2D eigenvalue weighted by Crippen LogP contribution is 2.32. The number of anilines is 2. The normalized spacial score (nSPS) is 18.3. The Morgan fingerprint density at radius 1 is 1.27 bits per heavy atom. The van der Waals surface area contributed by atoms with Crippen molar-refractivity contribution >= 4 is 23.0 Å². The van der Waals surface area contributed by atoms with Gasteiger partial charge in [0, 0.05) is 31.5 Å². The van der Waals surface area contributed by atoms with E-state index in [1.807, 2.05) is 6.92 Å². The molecule has 1 aromatic carbocycles. The summed E-state index contributed by atoms with van der Waals surface area (Å²) in [5, 5.41) is 21.3. The van der Waals surface area contributed by atoms with Crippen LogP contribution in [0.1, 0.15) is 29.3 Å². The molecular weight excluding hydrogens is 432 g/mol. The molecule has 1 saturated heterocycles. The van der Waals surface area contributed by atoms with Gasteiger partial charge in [-0.1, -0.05) is 11.2 Å². The summed E-state index contributed by atoms with van der Waals surface area (Å²) >= 11 is 0. The number of benzene rings is 1. The zero-order chi connectivity index (χ0) is 23.3. The average Bonchev–Trinajstić information content (AvgIpc) is 3.45. The second-order valence-corrected chi connectivity index (χ2v) is 8.48. The van der Waals surface area contributed by atoms with E-state index in [9.17, 15) is 18.7 Å². The summed E-state index contributed by atoms with van der Waals surface area (Å²) in [6.45, 7) is 4.27. The third kappa shape index (κ3) is 3.72. The van der Waals surface area contributed by atoms with Gasteiger partial charge in [-0.15, -0.1) is 0 Å². The van der Waals surface area contributed by atoms with E-state index in [0.29, 0.717) is 35.3 Å². The van der Waals surface area contributed by atoms with Crippen LogP contribution < -0.4 is 5.32 Å². The summed E-state index contributed by atoms with van der Waals surface area (Å²) in [7, 11) is 0. The van der Waals surface area contributed by atoms with Gasteiger partial charge in [0.25, 0.3) is 5.91 Å². The van der Waals surface area contributed by atoms with Gasteiger partial charge in [0.2, 0.25) is 5.88 Å². The topological polar surface area (TPSA) is 95.9 Å². The van der Waals surface area contributed by atoms with Gasteiger partial charge in [0.15, 0.2) is 0 Å². The highest BCUT2D eigenvalue weighted by Gasteiger charge is 2.35. The summed E-state index contributed by atoms with van der Waals surface area (Å²) in [4.78, 5) is 14.7. The number of likely N-dealkylation sites (tertiary alicyclic amines) is 1. The van der Waals surface area contributed by atoms with Crippen LogP contribution in [0.4, 0.5) is 20.4 Å². The third-order valence-electron chi connectivity index (χ3n) is 5.88. The number of aryl methyl sites for hydroxylation is 1. The fraction of sp³-hybridized carbons (Fsp3) is 0.261. The van der Waals surface area contributed by atoms with Gasteiger partial charge in [-0.25, -0.2) is 13.3 Å². The average molecular weight is 453 g/mol. The molecule has 33 heavy (non-hydrogen) atoms. The number of β-amino-alcohol motifs (C(OH)–C–C–N with tert-alkyl or cyclic N) is 1. The molecule has 1 aliphatic rings. The lowest BCUT2D eigenvalue weighted by Gasteiger charge is -2.18. The number of hydrogen-bond donors (Lipinski definition) is 2. The zero-order valence-corrected chi connectivity index (χ0v) is 18.0. The van der Waals surface area contributed by atoms with Crippen molar-refractivity contribution in [2.45, 2.75) is 25.9 Å². The largest absolute Gasteiger partial charge is 0.388 e. The van der Waals surface area contributed by atoms with Crippen LogP contribution in [-0.4, -0.2) is 49.4 Å². The van der Waals surface area contributed by atoms with Crippen molar-refractivity contribution < 1.29 is 23.2 Å². The Bertz CT molecular complexity index is 1360. The standard InChI is InChI=1S/C23H21F2N5O3/c1-13-14(22(31)29-9-7-23(2,32)12-29)11-30-21(13)17(6-8-26-30)27-19-10-18(28-33-19)20-15(24)4-3-5-16(20)25/h3-6,8,10-11,27,32H,7,9,12H2,1-2H3/t23-/m0/s1. The SMILES string of the molecule is Cc1c(C(=O)N2CC[C@](C)(O)C2)cn2nccc(Nc3cc(-c4c(F)cccc4F)no3)c12. The van der Waals surface area contributed by atoms with Crippen molar-refractivity contribution in [2.24, 2.45) is 0 Å². The number of nitrogens with one attached hydrogen (secondary N) is 1. The van der Waals surface area contributed by atoms with E-state index in [1.54, 1.807) is 34.8 Å². The summed E-state index contributed by atoms with van der Waals surface area (Å²) < 4.78 is 35.0. The number of halogens is 2. The van der Waals surface area contributed by atoms with Crippen LogP contribution >= 0.6 is 0 Å². The van der Waals surface area contributed by atoms with Gasteiger partial charge in [0.1, 0.15) is 17.3 Å². The molecule has 1 fully saturated rings. The van der Waals surface area contributed by atoms with Crippen LogP contribution in [0.3, 0.4) is 0 Å². The molecule has 8 nitrogen and oxygen atoms in total. The number of aliphatic hydroxyl groups is 1. The van der Waals surface area contributed by atoms with Crippen molar-refractivity contribution in [3.8, 4) is 11.3 Å². The Balaban J connectivity index is 1.47. The molecule has 4 aromatic rings. The minimum Gasteiger partial charge on any atom is -0.388 e. The summed E-state index contributed by atoms with van der Waals surface area (Å²) in [5.74, 6) is -1.50. The first-order chi connectivity index (χ1) is 15.7. The number of nitrogens with zero attached hydrogens (tertiary/aromatic N) is 4. The summed E-state index contributed by atoms with van der Waals surface area (Å²) in [5.41, 5.74) is 1.23. The van der Waals surface area contributed by atoms with E-state index in [0.717, 1.165) is 12.1 Å². The van der Waals surface area contributed by atoms with Crippen LogP contribution in [0.2, 0.25) is 0 Å². The van der Waals surface area contributed by atoms with Crippen molar-refractivity contribution in [1.82, 2.24) is 19.7 Å². The van der Waals surface area contributed by atoms with Crippen molar-refractivity contribution in [2.75, 3.05) is 18.4 Å². The Hall–Kier alpha value is -3.79. The van der Waals surface area contributed by atoms with Crippen LogP contribution in [-0.2, 0) is 0 Å². The lowest BCUT2D eigenvalue weighted by molar-refractivity contribution is 0.0572. The minimum absolute atomic E-state index is 0.0160. The fourth-order valence-corrected chi connectivity index (χ4v) is 4.19. The van der Waals surface area contributed by atoms with Crippen LogP contribution in [0.15, 0.2) is 47.2 Å². The number of rotatable bonds is 4. The maximum absolute atomic E-state index is 14.1. The molecule has 5 rings (SSSR count). The lowest BCUT2D eigenvalue weighted by Crippen LogP contribution is -2.34. The van der Waals surface area contributed by atoms with Crippen LogP contribution in [0.25, 0.3) is 16.8 Å². The second kappa shape index (κ2) is 7.66. The molecule has 0 spiro atoms. The molecule has 0 unspecified atom stereocenters. The van der Waals surface area contributed by atoms with E-state index < -0.39 is 17.2 Å². The first-order valence-electron chi connectivity index (χ1n) is 10.4. The van der Waals surface area contributed by atoms with E-state index in [1.165, 1.54) is 12.1 Å². The van der Waals surface area contributed by atoms with Gasteiger partial charge in [-0.2, -0.15) is 5.10 Å². The number of amides is 1. The number of carbonyl (C=O) groups excluding carboxylic acids is 1. The predicted molar refractivity (Wildman–Crippen MR) is 116 cm³/mol. The minimum atomic E-state index is -0.893. The molecule has 0 saturated carbocycles.